The molecule has 6 heteroatoms. The van der Waals surface area contributed by atoms with Crippen LogP contribution in [0, 0.1) is 13.8 Å². The Bertz CT molecular complexity index is 857. The van der Waals surface area contributed by atoms with Gasteiger partial charge in [0.25, 0.3) is 0 Å². The van der Waals surface area contributed by atoms with Crippen molar-refractivity contribution < 1.29 is 9.21 Å². The molecule has 0 fully saturated rings. The zero-order valence-electron chi connectivity index (χ0n) is 12.6. The van der Waals surface area contributed by atoms with Gasteiger partial charge in [-0.1, -0.05) is 29.3 Å². The van der Waals surface area contributed by atoms with Crippen LogP contribution in [-0.4, -0.2) is 16.1 Å². The van der Waals surface area contributed by atoms with Crippen molar-refractivity contribution in [3.8, 4) is 11.5 Å². The average Bonchev–Trinajstić information content (AvgIpc) is 3.01. The maximum Gasteiger partial charge on any atom is 0.313 e. The number of amides is 1. The van der Waals surface area contributed by atoms with E-state index in [2.05, 4.69) is 15.5 Å². The molecule has 116 valence electrons. The van der Waals surface area contributed by atoms with Crippen molar-refractivity contribution >= 4 is 23.2 Å². The lowest BCUT2D eigenvalue weighted by atomic mass is 10.1. The van der Waals surface area contributed by atoms with Crippen LogP contribution < -0.4 is 5.32 Å². The molecular formula is C17H14ClN3O2. The minimum atomic E-state index is -0.440. The van der Waals surface area contributed by atoms with E-state index in [9.17, 15) is 4.79 Å². The third-order valence-corrected chi connectivity index (χ3v) is 3.59. The van der Waals surface area contributed by atoms with Crippen LogP contribution in [0.2, 0.25) is 5.02 Å². The van der Waals surface area contributed by atoms with E-state index in [4.69, 9.17) is 16.0 Å². The molecule has 1 aromatic heterocycles. The van der Waals surface area contributed by atoms with Crippen molar-refractivity contribution in [2.75, 3.05) is 5.32 Å². The second-order valence-corrected chi connectivity index (χ2v) is 5.63. The van der Waals surface area contributed by atoms with E-state index in [1.165, 1.54) is 0 Å². The van der Waals surface area contributed by atoms with Gasteiger partial charge >= 0.3 is 11.8 Å². The standard InChI is InChI=1S/C17H14ClN3O2/c1-10-3-8-14(11(2)9-10)19-15(22)17-21-20-16(23-17)12-4-6-13(18)7-5-12/h3-9H,1-2H3,(H,19,22). The summed E-state index contributed by atoms with van der Waals surface area (Å²) in [4.78, 5) is 12.2. The summed E-state index contributed by atoms with van der Waals surface area (Å²) in [5.41, 5.74) is 3.51. The van der Waals surface area contributed by atoms with Gasteiger partial charge < -0.3 is 9.73 Å². The Morgan fingerprint density at radius 3 is 2.52 bits per heavy atom. The molecule has 1 N–H and O–H groups in total. The van der Waals surface area contributed by atoms with Gasteiger partial charge in [-0.05, 0) is 49.7 Å². The Morgan fingerprint density at radius 1 is 1.09 bits per heavy atom. The summed E-state index contributed by atoms with van der Waals surface area (Å²) in [6.07, 6.45) is 0. The van der Waals surface area contributed by atoms with Crippen molar-refractivity contribution in [3.63, 3.8) is 0 Å². The number of aromatic nitrogens is 2. The van der Waals surface area contributed by atoms with Gasteiger partial charge in [-0.2, -0.15) is 0 Å². The van der Waals surface area contributed by atoms with E-state index < -0.39 is 5.91 Å². The predicted octanol–water partition coefficient (Wildman–Crippen LogP) is 4.26. The van der Waals surface area contributed by atoms with E-state index >= 15 is 0 Å². The van der Waals surface area contributed by atoms with Crippen molar-refractivity contribution in [2.24, 2.45) is 0 Å². The largest absolute Gasteiger partial charge is 0.412 e. The van der Waals surface area contributed by atoms with E-state index in [-0.39, 0.29) is 11.8 Å². The summed E-state index contributed by atoms with van der Waals surface area (Å²) in [5.74, 6) is -0.257. The molecular weight excluding hydrogens is 314 g/mol. The zero-order valence-corrected chi connectivity index (χ0v) is 13.4. The molecule has 0 saturated carbocycles. The molecule has 0 unspecified atom stereocenters. The number of anilines is 1. The first-order valence-corrected chi connectivity index (χ1v) is 7.39. The van der Waals surface area contributed by atoms with Crippen molar-refractivity contribution in [2.45, 2.75) is 13.8 Å². The van der Waals surface area contributed by atoms with Crippen LogP contribution in [-0.2, 0) is 0 Å². The van der Waals surface area contributed by atoms with Crippen LogP contribution in [0.15, 0.2) is 46.9 Å². The van der Waals surface area contributed by atoms with Crippen LogP contribution in [0.1, 0.15) is 21.8 Å². The van der Waals surface area contributed by atoms with Gasteiger partial charge in [0.05, 0.1) is 0 Å². The summed E-state index contributed by atoms with van der Waals surface area (Å²) in [5, 5.41) is 11.1. The number of rotatable bonds is 3. The third kappa shape index (κ3) is 3.40. The van der Waals surface area contributed by atoms with Gasteiger partial charge in [-0.3, -0.25) is 4.79 Å². The number of hydrogen-bond donors (Lipinski definition) is 1. The highest BCUT2D eigenvalue weighted by Gasteiger charge is 2.16. The first-order chi connectivity index (χ1) is 11.0. The quantitative estimate of drug-likeness (QED) is 0.780. The number of benzene rings is 2. The lowest BCUT2D eigenvalue weighted by Gasteiger charge is -2.06. The number of aryl methyl sites for hydroxylation is 2. The van der Waals surface area contributed by atoms with Gasteiger partial charge in [-0.15, -0.1) is 10.2 Å². The molecule has 0 atom stereocenters. The molecule has 0 saturated heterocycles. The first kappa shape index (κ1) is 15.2. The monoisotopic (exact) mass is 327 g/mol. The Hall–Kier alpha value is -2.66. The number of halogens is 1. The number of hydrogen-bond acceptors (Lipinski definition) is 4. The summed E-state index contributed by atoms with van der Waals surface area (Å²) in [6.45, 7) is 3.92. The highest BCUT2D eigenvalue weighted by Crippen LogP contribution is 2.21. The van der Waals surface area contributed by atoms with Gasteiger partial charge in [0.15, 0.2) is 0 Å². The minimum Gasteiger partial charge on any atom is -0.412 e. The maximum atomic E-state index is 12.2. The van der Waals surface area contributed by atoms with E-state index in [1.54, 1.807) is 24.3 Å². The van der Waals surface area contributed by atoms with Crippen LogP contribution in [0.25, 0.3) is 11.5 Å². The topological polar surface area (TPSA) is 68.0 Å². The SMILES string of the molecule is Cc1ccc(NC(=O)c2nnc(-c3ccc(Cl)cc3)o2)c(C)c1. The highest BCUT2D eigenvalue weighted by molar-refractivity contribution is 6.30. The fraction of sp³-hybridized carbons (Fsp3) is 0.118. The summed E-state index contributed by atoms with van der Waals surface area (Å²) < 4.78 is 5.43. The Kier molecular flexibility index (Phi) is 4.12. The fourth-order valence-electron chi connectivity index (χ4n) is 2.15. The molecule has 0 bridgehead atoms. The fourth-order valence-corrected chi connectivity index (χ4v) is 2.28. The highest BCUT2D eigenvalue weighted by atomic mass is 35.5. The first-order valence-electron chi connectivity index (χ1n) is 7.01. The number of nitrogens with zero attached hydrogens (tertiary/aromatic N) is 2. The Balaban J connectivity index is 1.79. The van der Waals surface area contributed by atoms with Gasteiger partial charge in [0.1, 0.15) is 0 Å². The Morgan fingerprint density at radius 2 is 1.83 bits per heavy atom. The molecule has 1 heterocycles. The van der Waals surface area contributed by atoms with E-state index in [0.717, 1.165) is 11.1 Å². The second kappa shape index (κ2) is 6.22. The molecule has 2 aromatic carbocycles. The van der Waals surface area contributed by atoms with Crippen LogP contribution in [0.4, 0.5) is 5.69 Å². The molecule has 0 spiro atoms. The van der Waals surface area contributed by atoms with Gasteiger partial charge in [0, 0.05) is 16.3 Å². The molecule has 5 nitrogen and oxygen atoms in total. The van der Waals surface area contributed by atoms with E-state index in [0.29, 0.717) is 16.3 Å². The molecule has 3 rings (SSSR count). The van der Waals surface area contributed by atoms with Crippen molar-refractivity contribution in [1.82, 2.24) is 10.2 Å². The third-order valence-electron chi connectivity index (χ3n) is 3.34. The number of nitrogens with one attached hydrogen (secondary N) is 1. The lowest BCUT2D eigenvalue weighted by molar-refractivity contribution is 0.0990. The Labute approximate surface area is 138 Å². The normalized spacial score (nSPS) is 10.6. The maximum absolute atomic E-state index is 12.2. The average molecular weight is 328 g/mol. The molecule has 23 heavy (non-hydrogen) atoms. The van der Waals surface area contributed by atoms with Crippen LogP contribution in [0.5, 0.6) is 0 Å². The summed E-state index contributed by atoms with van der Waals surface area (Å²) in [6, 6.07) is 12.7. The predicted molar refractivity (Wildman–Crippen MR) is 88.6 cm³/mol. The lowest BCUT2D eigenvalue weighted by Crippen LogP contribution is -2.13. The molecule has 3 aromatic rings. The van der Waals surface area contributed by atoms with Gasteiger partial charge in [-0.25, -0.2) is 0 Å². The molecule has 0 aliphatic heterocycles. The zero-order chi connectivity index (χ0) is 16.4. The second-order valence-electron chi connectivity index (χ2n) is 5.19. The summed E-state index contributed by atoms with van der Waals surface area (Å²) in [7, 11) is 0. The van der Waals surface area contributed by atoms with Crippen molar-refractivity contribution in [1.29, 1.82) is 0 Å². The molecule has 0 aliphatic carbocycles. The number of carbonyl (C=O) groups excluding carboxylic acids is 1. The van der Waals surface area contributed by atoms with Gasteiger partial charge in [0.2, 0.25) is 5.89 Å². The molecule has 0 radical (unpaired) electrons. The van der Waals surface area contributed by atoms with Crippen LogP contribution >= 0.6 is 11.6 Å². The number of carbonyl (C=O) groups is 1. The smallest absolute Gasteiger partial charge is 0.313 e. The molecule has 0 aliphatic rings. The van der Waals surface area contributed by atoms with E-state index in [1.807, 2.05) is 32.0 Å². The minimum absolute atomic E-state index is 0.0880. The summed E-state index contributed by atoms with van der Waals surface area (Å²) >= 11 is 5.84. The van der Waals surface area contributed by atoms with Crippen LogP contribution in [0.3, 0.4) is 0 Å². The molecule has 1 amide bonds. The van der Waals surface area contributed by atoms with Crippen molar-refractivity contribution in [3.05, 3.63) is 64.5 Å².